The Morgan fingerprint density at radius 2 is 1.40 bits per heavy atom. The maximum absolute atomic E-state index is 12.9. The van der Waals surface area contributed by atoms with Crippen LogP contribution in [0, 0.1) is 3.57 Å². The number of rotatable bonds is 7. The minimum absolute atomic E-state index is 0.0909. The van der Waals surface area contributed by atoms with Crippen LogP contribution in [0.5, 0.6) is 0 Å². The molecule has 0 unspecified atom stereocenters. The van der Waals surface area contributed by atoms with E-state index >= 15 is 0 Å². The van der Waals surface area contributed by atoms with E-state index in [9.17, 15) is 9.59 Å². The van der Waals surface area contributed by atoms with E-state index in [2.05, 4.69) is 38.4 Å². The zero-order valence-corrected chi connectivity index (χ0v) is 18.7. The van der Waals surface area contributed by atoms with Crippen LogP contribution in [0.1, 0.15) is 30.4 Å². The van der Waals surface area contributed by atoms with Gasteiger partial charge in [0.2, 0.25) is 5.91 Å². The molecule has 0 bridgehead atoms. The summed E-state index contributed by atoms with van der Waals surface area (Å²) in [7, 11) is 0. The first-order chi connectivity index (χ1) is 14.5. The summed E-state index contributed by atoms with van der Waals surface area (Å²) in [5.74, 6) is -0.913. The average Bonchev–Trinajstić information content (AvgIpc) is 2.75. The molecule has 30 heavy (non-hydrogen) atoms. The van der Waals surface area contributed by atoms with Gasteiger partial charge in [0, 0.05) is 15.0 Å². The van der Waals surface area contributed by atoms with Crippen molar-refractivity contribution >= 4 is 45.8 Å². The van der Waals surface area contributed by atoms with E-state index in [1.165, 1.54) is 0 Å². The molecule has 152 valence electrons. The number of nitrogens with one attached hydrogen (secondary N) is 2. The number of carbonyl (C=O) groups excluding carboxylic acids is 2. The van der Waals surface area contributed by atoms with E-state index in [-0.39, 0.29) is 18.2 Å². The number of benzene rings is 3. The van der Waals surface area contributed by atoms with Crippen molar-refractivity contribution in [3.8, 4) is 0 Å². The molecule has 3 aromatic rings. The summed E-state index contributed by atoms with van der Waals surface area (Å²) in [5, 5.41) is 6.97. The Bertz CT molecular complexity index is 980. The van der Waals surface area contributed by atoms with Crippen molar-refractivity contribution in [2.45, 2.75) is 19.3 Å². The second-order valence-electron chi connectivity index (χ2n) is 6.81. The molecule has 2 amide bonds. The molecule has 0 spiro atoms. The van der Waals surface area contributed by atoms with Gasteiger partial charge in [-0.1, -0.05) is 60.7 Å². The van der Waals surface area contributed by atoms with Crippen molar-refractivity contribution < 1.29 is 9.59 Å². The first-order valence-corrected chi connectivity index (χ1v) is 10.6. The van der Waals surface area contributed by atoms with Crippen molar-refractivity contribution in [2.75, 3.05) is 5.32 Å². The molecule has 0 aliphatic rings. The SMILES string of the molecule is CC(CC(=O)Nc1ccc(I)cc1)=NNC(=O)C(c1ccccc1)c1ccccc1. The molecule has 0 saturated heterocycles. The van der Waals surface area contributed by atoms with Crippen LogP contribution in [0.15, 0.2) is 90.0 Å². The molecular formula is C24H22IN3O2. The van der Waals surface area contributed by atoms with Crippen molar-refractivity contribution in [3.05, 3.63) is 99.6 Å². The van der Waals surface area contributed by atoms with Crippen molar-refractivity contribution in [1.82, 2.24) is 5.43 Å². The average molecular weight is 511 g/mol. The van der Waals surface area contributed by atoms with Gasteiger partial charge in [0.25, 0.3) is 5.91 Å². The lowest BCUT2D eigenvalue weighted by atomic mass is 9.91. The first kappa shape index (κ1) is 21.7. The highest BCUT2D eigenvalue weighted by molar-refractivity contribution is 14.1. The van der Waals surface area contributed by atoms with E-state index in [1.807, 2.05) is 84.9 Å². The normalized spacial score (nSPS) is 11.2. The summed E-state index contributed by atoms with van der Waals surface area (Å²) < 4.78 is 1.09. The zero-order chi connectivity index (χ0) is 21.3. The maximum atomic E-state index is 12.9. The van der Waals surface area contributed by atoms with E-state index in [0.717, 1.165) is 20.4 Å². The van der Waals surface area contributed by atoms with Crippen LogP contribution in [-0.2, 0) is 9.59 Å². The van der Waals surface area contributed by atoms with Gasteiger partial charge in [-0.25, -0.2) is 5.43 Å². The minimum atomic E-state index is -0.482. The number of nitrogens with zero attached hydrogens (tertiary/aromatic N) is 1. The van der Waals surface area contributed by atoms with Crippen molar-refractivity contribution in [3.63, 3.8) is 0 Å². The number of hydrazone groups is 1. The molecule has 0 radical (unpaired) electrons. The summed E-state index contributed by atoms with van der Waals surface area (Å²) in [6.07, 6.45) is 0.0909. The van der Waals surface area contributed by atoms with Crippen LogP contribution in [0.3, 0.4) is 0 Å². The minimum Gasteiger partial charge on any atom is -0.326 e. The van der Waals surface area contributed by atoms with Gasteiger partial charge >= 0.3 is 0 Å². The summed E-state index contributed by atoms with van der Waals surface area (Å²) in [5.41, 5.74) is 5.63. The van der Waals surface area contributed by atoms with Gasteiger partial charge in [-0.15, -0.1) is 0 Å². The fourth-order valence-electron chi connectivity index (χ4n) is 3.01. The van der Waals surface area contributed by atoms with Crippen LogP contribution >= 0.6 is 22.6 Å². The number of halogens is 1. The van der Waals surface area contributed by atoms with Gasteiger partial charge in [0.05, 0.1) is 12.3 Å². The van der Waals surface area contributed by atoms with Crippen LogP contribution in [0.4, 0.5) is 5.69 Å². The van der Waals surface area contributed by atoms with Crippen LogP contribution in [0.2, 0.25) is 0 Å². The Morgan fingerprint density at radius 3 is 1.93 bits per heavy atom. The van der Waals surface area contributed by atoms with Crippen LogP contribution < -0.4 is 10.7 Å². The molecule has 0 aliphatic heterocycles. The van der Waals surface area contributed by atoms with E-state index < -0.39 is 5.92 Å². The lowest BCUT2D eigenvalue weighted by Gasteiger charge is -2.16. The van der Waals surface area contributed by atoms with E-state index in [1.54, 1.807) is 6.92 Å². The molecule has 3 rings (SSSR count). The lowest BCUT2D eigenvalue weighted by molar-refractivity contribution is -0.121. The monoisotopic (exact) mass is 511 g/mol. The zero-order valence-electron chi connectivity index (χ0n) is 16.5. The van der Waals surface area contributed by atoms with Gasteiger partial charge in [0.1, 0.15) is 0 Å². The standard InChI is InChI=1S/C24H22IN3O2/c1-17(16-22(29)26-21-14-12-20(25)13-15-21)27-28-24(30)23(18-8-4-2-5-9-18)19-10-6-3-7-11-19/h2-15,23H,16H2,1H3,(H,26,29)(H,28,30). The van der Waals surface area contributed by atoms with Gasteiger partial charge in [-0.3, -0.25) is 9.59 Å². The second-order valence-corrected chi connectivity index (χ2v) is 8.05. The fraction of sp³-hybridized carbons (Fsp3) is 0.125. The predicted molar refractivity (Wildman–Crippen MR) is 128 cm³/mol. The van der Waals surface area contributed by atoms with Crippen LogP contribution in [0.25, 0.3) is 0 Å². The highest BCUT2D eigenvalue weighted by atomic mass is 127. The molecule has 6 heteroatoms. The largest absolute Gasteiger partial charge is 0.326 e. The molecule has 5 nitrogen and oxygen atoms in total. The third-order valence-electron chi connectivity index (χ3n) is 4.43. The van der Waals surface area contributed by atoms with Crippen molar-refractivity contribution in [2.24, 2.45) is 5.10 Å². The Kier molecular flexibility index (Phi) is 7.73. The first-order valence-electron chi connectivity index (χ1n) is 9.51. The highest BCUT2D eigenvalue weighted by Gasteiger charge is 2.22. The highest BCUT2D eigenvalue weighted by Crippen LogP contribution is 2.24. The Morgan fingerprint density at radius 1 is 0.867 bits per heavy atom. The number of amides is 2. The molecule has 0 saturated carbocycles. The summed E-state index contributed by atoms with van der Waals surface area (Å²) in [4.78, 5) is 25.2. The van der Waals surface area contributed by atoms with Gasteiger partial charge in [-0.2, -0.15) is 5.10 Å². The summed E-state index contributed by atoms with van der Waals surface area (Å²) >= 11 is 2.21. The molecule has 0 atom stereocenters. The van der Waals surface area contributed by atoms with E-state index in [0.29, 0.717) is 5.71 Å². The lowest BCUT2D eigenvalue weighted by Crippen LogP contribution is -2.27. The number of carbonyl (C=O) groups is 2. The topological polar surface area (TPSA) is 70.6 Å². The van der Waals surface area contributed by atoms with Gasteiger partial charge in [-0.05, 0) is 64.9 Å². The number of anilines is 1. The predicted octanol–water partition coefficient (Wildman–Crippen LogP) is 4.94. The van der Waals surface area contributed by atoms with Crippen LogP contribution in [-0.4, -0.2) is 17.5 Å². The third kappa shape index (κ3) is 6.25. The second kappa shape index (κ2) is 10.7. The molecular weight excluding hydrogens is 489 g/mol. The Labute approximate surface area is 189 Å². The quantitative estimate of drug-likeness (QED) is 0.268. The number of hydrogen-bond acceptors (Lipinski definition) is 3. The van der Waals surface area contributed by atoms with Gasteiger partial charge in [0.15, 0.2) is 0 Å². The molecule has 0 heterocycles. The third-order valence-corrected chi connectivity index (χ3v) is 5.15. The maximum Gasteiger partial charge on any atom is 0.252 e. The van der Waals surface area contributed by atoms with E-state index in [4.69, 9.17) is 0 Å². The molecule has 0 fully saturated rings. The van der Waals surface area contributed by atoms with Gasteiger partial charge < -0.3 is 5.32 Å². The summed E-state index contributed by atoms with van der Waals surface area (Å²) in [6, 6.07) is 26.7. The molecule has 2 N–H and O–H groups in total. The molecule has 0 aromatic heterocycles. The fourth-order valence-corrected chi connectivity index (χ4v) is 3.37. The smallest absolute Gasteiger partial charge is 0.252 e. The summed E-state index contributed by atoms with van der Waals surface area (Å²) in [6.45, 7) is 1.72. The Hall–Kier alpha value is -3.00. The molecule has 0 aliphatic carbocycles. The Balaban J connectivity index is 1.65. The molecule has 3 aromatic carbocycles. The van der Waals surface area contributed by atoms with Crippen molar-refractivity contribution in [1.29, 1.82) is 0 Å². The number of hydrogen-bond donors (Lipinski definition) is 2.